The molecule has 0 N–H and O–H groups in total. The van der Waals surface area contributed by atoms with E-state index < -0.39 is 4.92 Å². The van der Waals surface area contributed by atoms with Crippen LogP contribution in [0, 0.1) is 10.1 Å². The molecule has 0 saturated carbocycles. The zero-order chi connectivity index (χ0) is 18.7. The number of hydrogen-bond donors (Lipinski definition) is 0. The van der Waals surface area contributed by atoms with E-state index in [1.54, 1.807) is 12.1 Å². The summed E-state index contributed by atoms with van der Waals surface area (Å²) >= 11 is 6.27. The van der Waals surface area contributed by atoms with Gasteiger partial charge in [0, 0.05) is 18.6 Å². The minimum absolute atomic E-state index is 0.118. The summed E-state index contributed by atoms with van der Waals surface area (Å²) in [6, 6.07) is 11.3. The normalized spacial score (nSPS) is 11.0. The third kappa shape index (κ3) is 3.46. The Balaban J connectivity index is 2.22. The van der Waals surface area contributed by atoms with Gasteiger partial charge in [0.25, 0.3) is 11.2 Å². The van der Waals surface area contributed by atoms with Crippen LogP contribution in [0.15, 0.2) is 47.3 Å². The third-order valence-corrected chi connectivity index (χ3v) is 4.53. The SMILES string of the molecule is CCCCCc1nc2ccccc2c(=O)n1-c1ccc([N+](=O)[O-])cc1Cl. The highest BCUT2D eigenvalue weighted by Crippen LogP contribution is 2.26. The molecule has 0 unspecified atom stereocenters. The Morgan fingerprint density at radius 2 is 1.96 bits per heavy atom. The second-order valence-electron chi connectivity index (χ2n) is 6.04. The van der Waals surface area contributed by atoms with E-state index in [1.807, 2.05) is 12.1 Å². The quantitative estimate of drug-likeness (QED) is 0.358. The fraction of sp³-hybridized carbons (Fsp3) is 0.263. The number of nitro groups is 1. The van der Waals surface area contributed by atoms with Crippen LogP contribution < -0.4 is 5.56 Å². The Morgan fingerprint density at radius 1 is 1.19 bits per heavy atom. The Hall–Kier alpha value is -2.73. The fourth-order valence-corrected chi connectivity index (χ4v) is 3.18. The Kier molecular flexibility index (Phi) is 5.32. The van der Waals surface area contributed by atoms with Crippen LogP contribution in [0.1, 0.15) is 32.0 Å². The molecule has 0 atom stereocenters. The van der Waals surface area contributed by atoms with E-state index in [0.29, 0.717) is 28.8 Å². The van der Waals surface area contributed by atoms with Gasteiger partial charge < -0.3 is 0 Å². The van der Waals surface area contributed by atoms with Crippen molar-refractivity contribution >= 4 is 28.2 Å². The fourth-order valence-electron chi connectivity index (χ4n) is 2.92. The number of rotatable bonds is 6. The summed E-state index contributed by atoms with van der Waals surface area (Å²) in [5, 5.41) is 11.6. The average Bonchev–Trinajstić information content (AvgIpc) is 2.63. The number of halogens is 1. The molecule has 134 valence electrons. The largest absolute Gasteiger partial charge is 0.271 e. The van der Waals surface area contributed by atoms with Crippen LogP contribution in [0.2, 0.25) is 5.02 Å². The zero-order valence-electron chi connectivity index (χ0n) is 14.3. The molecule has 3 rings (SSSR count). The highest BCUT2D eigenvalue weighted by atomic mass is 35.5. The van der Waals surface area contributed by atoms with Crippen molar-refractivity contribution in [3.63, 3.8) is 0 Å². The van der Waals surface area contributed by atoms with Gasteiger partial charge in [-0.2, -0.15) is 0 Å². The lowest BCUT2D eigenvalue weighted by molar-refractivity contribution is -0.384. The van der Waals surface area contributed by atoms with E-state index in [0.717, 1.165) is 19.3 Å². The molecule has 0 aliphatic rings. The predicted octanol–water partition coefficient (Wildman–Crippen LogP) is 4.68. The topological polar surface area (TPSA) is 78.0 Å². The van der Waals surface area contributed by atoms with Gasteiger partial charge in [-0.25, -0.2) is 4.98 Å². The number of hydrogen-bond acceptors (Lipinski definition) is 4. The Bertz CT molecular complexity index is 1030. The maximum Gasteiger partial charge on any atom is 0.271 e. The number of aromatic nitrogens is 2. The van der Waals surface area contributed by atoms with Crippen LogP contribution in [0.3, 0.4) is 0 Å². The molecule has 6 nitrogen and oxygen atoms in total. The molecule has 26 heavy (non-hydrogen) atoms. The highest BCUT2D eigenvalue weighted by molar-refractivity contribution is 6.32. The molecule has 0 saturated heterocycles. The molecule has 0 aliphatic heterocycles. The Morgan fingerprint density at radius 3 is 2.65 bits per heavy atom. The first-order chi connectivity index (χ1) is 12.5. The van der Waals surface area contributed by atoms with Gasteiger partial charge in [-0.15, -0.1) is 0 Å². The number of para-hydroxylation sites is 1. The van der Waals surface area contributed by atoms with Crippen molar-refractivity contribution in [2.75, 3.05) is 0 Å². The van der Waals surface area contributed by atoms with Gasteiger partial charge in [-0.05, 0) is 24.6 Å². The van der Waals surface area contributed by atoms with Crippen molar-refractivity contribution in [3.8, 4) is 5.69 Å². The second kappa shape index (κ2) is 7.66. The van der Waals surface area contributed by atoms with E-state index in [-0.39, 0.29) is 16.3 Å². The van der Waals surface area contributed by atoms with Crippen molar-refractivity contribution in [1.82, 2.24) is 9.55 Å². The van der Waals surface area contributed by atoms with E-state index in [4.69, 9.17) is 11.6 Å². The first-order valence-corrected chi connectivity index (χ1v) is 8.85. The van der Waals surface area contributed by atoms with E-state index in [9.17, 15) is 14.9 Å². The lowest BCUT2D eigenvalue weighted by atomic mass is 10.1. The predicted molar refractivity (Wildman–Crippen MR) is 102 cm³/mol. The average molecular weight is 372 g/mol. The number of nitrogens with zero attached hydrogens (tertiary/aromatic N) is 3. The standard InChI is InChI=1S/C19H18ClN3O3/c1-2-3-4-9-18-21-16-8-6-5-7-14(16)19(24)22(18)17-11-10-13(23(25)26)12-15(17)20/h5-8,10-12H,2-4,9H2,1H3. The second-order valence-corrected chi connectivity index (χ2v) is 6.44. The summed E-state index contributed by atoms with van der Waals surface area (Å²) in [5.41, 5.74) is 0.705. The maximum absolute atomic E-state index is 13.1. The molecular weight excluding hydrogens is 354 g/mol. The van der Waals surface area contributed by atoms with Gasteiger partial charge >= 0.3 is 0 Å². The van der Waals surface area contributed by atoms with Gasteiger partial charge in [0.15, 0.2) is 0 Å². The van der Waals surface area contributed by atoms with Crippen molar-refractivity contribution in [1.29, 1.82) is 0 Å². The van der Waals surface area contributed by atoms with Crippen LogP contribution in [0.5, 0.6) is 0 Å². The first kappa shape index (κ1) is 18.1. The number of unbranched alkanes of at least 4 members (excludes halogenated alkanes) is 2. The minimum Gasteiger partial charge on any atom is -0.268 e. The van der Waals surface area contributed by atoms with Crippen molar-refractivity contribution < 1.29 is 4.92 Å². The summed E-state index contributed by atoms with van der Waals surface area (Å²) in [6.45, 7) is 2.11. The van der Waals surface area contributed by atoms with Gasteiger partial charge in [0.1, 0.15) is 5.82 Å². The van der Waals surface area contributed by atoms with Gasteiger partial charge in [-0.3, -0.25) is 19.5 Å². The van der Waals surface area contributed by atoms with Gasteiger partial charge in [0.2, 0.25) is 0 Å². The van der Waals surface area contributed by atoms with E-state index >= 15 is 0 Å². The number of fused-ring (bicyclic) bond motifs is 1. The molecule has 7 heteroatoms. The molecular formula is C19H18ClN3O3. The molecule has 0 fully saturated rings. The summed E-state index contributed by atoms with van der Waals surface area (Å²) < 4.78 is 1.48. The van der Waals surface area contributed by atoms with Crippen molar-refractivity contribution in [3.05, 3.63) is 73.8 Å². The summed E-state index contributed by atoms with van der Waals surface area (Å²) in [4.78, 5) is 28.2. The number of aryl methyl sites for hydroxylation is 1. The van der Waals surface area contributed by atoms with E-state index in [1.165, 1.54) is 22.8 Å². The minimum atomic E-state index is -0.515. The third-order valence-electron chi connectivity index (χ3n) is 4.23. The molecule has 1 aromatic heterocycles. The maximum atomic E-state index is 13.1. The number of benzene rings is 2. The lowest BCUT2D eigenvalue weighted by Gasteiger charge is -2.14. The summed E-state index contributed by atoms with van der Waals surface area (Å²) in [7, 11) is 0. The van der Waals surface area contributed by atoms with Crippen LogP contribution in [-0.4, -0.2) is 14.5 Å². The summed E-state index contributed by atoms with van der Waals surface area (Å²) in [5.74, 6) is 0.609. The molecule has 2 aromatic carbocycles. The molecule has 3 aromatic rings. The zero-order valence-corrected chi connectivity index (χ0v) is 15.1. The van der Waals surface area contributed by atoms with Crippen LogP contribution >= 0.6 is 11.6 Å². The van der Waals surface area contributed by atoms with E-state index in [2.05, 4.69) is 11.9 Å². The smallest absolute Gasteiger partial charge is 0.268 e. The number of non-ortho nitro benzene ring substituents is 1. The molecule has 0 spiro atoms. The lowest BCUT2D eigenvalue weighted by Crippen LogP contribution is -2.24. The monoisotopic (exact) mass is 371 g/mol. The van der Waals surface area contributed by atoms with Crippen LogP contribution in [-0.2, 0) is 6.42 Å². The molecule has 1 heterocycles. The summed E-state index contributed by atoms with van der Waals surface area (Å²) in [6.07, 6.45) is 3.60. The molecule has 0 bridgehead atoms. The van der Waals surface area contributed by atoms with Crippen LogP contribution in [0.4, 0.5) is 5.69 Å². The van der Waals surface area contributed by atoms with Crippen molar-refractivity contribution in [2.24, 2.45) is 0 Å². The van der Waals surface area contributed by atoms with Crippen molar-refractivity contribution in [2.45, 2.75) is 32.6 Å². The highest BCUT2D eigenvalue weighted by Gasteiger charge is 2.17. The first-order valence-electron chi connectivity index (χ1n) is 8.48. The van der Waals surface area contributed by atoms with Crippen LogP contribution in [0.25, 0.3) is 16.6 Å². The van der Waals surface area contributed by atoms with Gasteiger partial charge in [0.05, 0.1) is 26.5 Å². The molecule has 0 radical (unpaired) electrons. The number of nitro benzene ring substituents is 1. The Labute approximate surface area is 155 Å². The van der Waals surface area contributed by atoms with Gasteiger partial charge in [-0.1, -0.05) is 43.5 Å². The molecule has 0 aliphatic carbocycles. The molecule has 0 amide bonds.